The average molecular weight is 402 g/mol. The van der Waals surface area contributed by atoms with Gasteiger partial charge in [0.15, 0.2) is 0 Å². The second-order valence-electron chi connectivity index (χ2n) is 5.34. The van der Waals surface area contributed by atoms with Crippen LogP contribution in [-0.2, 0) is 21.2 Å². The fourth-order valence-corrected chi connectivity index (χ4v) is 3.92. The maximum absolute atomic E-state index is 12.6. The summed E-state index contributed by atoms with van der Waals surface area (Å²) in [6.45, 7) is 0.380. The highest BCUT2D eigenvalue weighted by molar-refractivity contribution is 7.91. The first-order chi connectivity index (χ1) is 12.4. The van der Waals surface area contributed by atoms with Gasteiger partial charge in [-0.2, -0.15) is 13.2 Å². The number of anilines is 1. The van der Waals surface area contributed by atoms with Gasteiger partial charge in [-0.3, -0.25) is 4.79 Å². The molecule has 0 atom stereocenters. The van der Waals surface area contributed by atoms with E-state index in [4.69, 9.17) is 15.6 Å². The smallest absolute Gasteiger partial charge is 0.475 e. The number of carbonyl (C=O) groups is 2. The number of amides is 1. The fraction of sp³-hybridized carbons (Fsp3) is 0.125. The lowest BCUT2D eigenvalue weighted by atomic mass is 10.2. The lowest BCUT2D eigenvalue weighted by Crippen LogP contribution is -2.21. The molecule has 7 nitrogen and oxygen atoms in total. The number of halogens is 3. The molecule has 2 aromatic rings. The van der Waals surface area contributed by atoms with E-state index in [1.54, 1.807) is 24.3 Å². The van der Waals surface area contributed by atoms with Gasteiger partial charge in [-0.15, -0.1) is 0 Å². The summed E-state index contributed by atoms with van der Waals surface area (Å²) in [6, 6.07) is 11.2. The lowest BCUT2D eigenvalue weighted by molar-refractivity contribution is -0.192. The number of benzene rings is 2. The quantitative estimate of drug-likeness (QED) is 0.671. The molecule has 11 heteroatoms. The summed E-state index contributed by atoms with van der Waals surface area (Å²) in [4.78, 5) is 20.5. The first kappa shape index (κ1) is 20.2. The molecule has 0 saturated carbocycles. The standard InChI is InChI=1S/C14H12N2O3S.C2HF3O2/c15-14(17)9-5-6-13-11(7-9)16-8-10-3-1-2-4-12(10)20(13,18)19;3-2(4,5)1(6)7/h1-7,16H,8H2,(H2,15,17);(H,6,7). The van der Waals surface area contributed by atoms with E-state index in [1.807, 2.05) is 0 Å². The Kier molecular flexibility index (Phi) is 5.45. The number of carboxylic acid groups (broad SMARTS) is 1. The molecule has 1 heterocycles. The molecular formula is C16H13F3N2O5S. The van der Waals surface area contributed by atoms with Crippen molar-refractivity contribution in [3.05, 3.63) is 53.6 Å². The van der Waals surface area contributed by atoms with Crippen LogP contribution in [0.25, 0.3) is 0 Å². The van der Waals surface area contributed by atoms with Gasteiger partial charge in [0, 0.05) is 12.1 Å². The molecule has 144 valence electrons. The minimum absolute atomic E-state index is 0.160. The Bertz CT molecular complexity index is 1000. The number of primary amides is 1. The SMILES string of the molecule is NC(=O)c1ccc2c(c1)NCc1ccccc1S2(=O)=O.O=C(O)C(F)(F)F. The Morgan fingerprint density at radius 1 is 1.07 bits per heavy atom. The summed E-state index contributed by atoms with van der Waals surface area (Å²) in [5.74, 6) is -3.35. The number of hydrogen-bond donors (Lipinski definition) is 3. The van der Waals surface area contributed by atoms with Crippen molar-refractivity contribution in [2.24, 2.45) is 5.73 Å². The minimum atomic E-state index is -5.08. The first-order valence-electron chi connectivity index (χ1n) is 7.25. The molecule has 0 bridgehead atoms. The van der Waals surface area contributed by atoms with Crippen LogP contribution in [0, 0.1) is 0 Å². The molecule has 0 unspecified atom stereocenters. The summed E-state index contributed by atoms with van der Waals surface area (Å²) >= 11 is 0. The van der Waals surface area contributed by atoms with E-state index < -0.39 is 27.9 Å². The van der Waals surface area contributed by atoms with Crippen molar-refractivity contribution in [1.29, 1.82) is 0 Å². The molecule has 0 fully saturated rings. The van der Waals surface area contributed by atoms with Gasteiger partial charge in [-0.25, -0.2) is 13.2 Å². The largest absolute Gasteiger partial charge is 0.490 e. The lowest BCUT2D eigenvalue weighted by Gasteiger charge is -2.08. The second kappa shape index (κ2) is 7.27. The number of sulfone groups is 1. The zero-order valence-corrected chi connectivity index (χ0v) is 14.3. The van der Waals surface area contributed by atoms with Crippen LogP contribution in [0.5, 0.6) is 0 Å². The summed E-state index contributed by atoms with van der Waals surface area (Å²) in [7, 11) is -3.59. The van der Waals surface area contributed by atoms with Crippen LogP contribution in [0.2, 0.25) is 0 Å². The number of nitrogens with one attached hydrogen (secondary N) is 1. The Hall–Kier alpha value is -3.08. The Morgan fingerprint density at radius 3 is 2.22 bits per heavy atom. The maximum atomic E-state index is 12.6. The summed E-state index contributed by atoms with van der Waals surface area (Å²) in [5, 5.41) is 10.2. The topological polar surface area (TPSA) is 127 Å². The zero-order valence-electron chi connectivity index (χ0n) is 13.4. The first-order valence-corrected chi connectivity index (χ1v) is 8.73. The van der Waals surface area contributed by atoms with Crippen LogP contribution < -0.4 is 11.1 Å². The van der Waals surface area contributed by atoms with Crippen molar-refractivity contribution in [3.8, 4) is 0 Å². The molecule has 0 aromatic heterocycles. The third kappa shape index (κ3) is 4.37. The van der Waals surface area contributed by atoms with Gasteiger partial charge in [0.2, 0.25) is 15.7 Å². The monoisotopic (exact) mass is 402 g/mol. The van der Waals surface area contributed by atoms with Crippen LogP contribution in [0.4, 0.5) is 18.9 Å². The van der Waals surface area contributed by atoms with E-state index in [-0.39, 0.29) is 15.4 Å². The van der Waals surface area contributed by atoms with E-state index in [2.05, 4.69) is 5.32 Å². The molecule has 27 heavy (non-hydrogen) atoms. The molecule has 0 radical (unpaired) electrons. The van der Waals surface area contributed by atoms with Crippen molar-refractivity contribution in [2.75, 3.05) is 5.32 Å². The van der Waals surface area contributed by atoms with Gasteiger partial charge in [0.05, 0.1) is 15.5 Å². The van der Waals surface area contributed by atoms with E-state index in [9.17, 15) is 26.4 Å². The Balaban J connectivity index is 0.000000321. The predicted molar refractivity (Wildman–Crippen MR) is 87.9 cm³/mol. The van der Waals surface area contributed by atoms with Crippen molar-refractivity contribution in [1.82, 2.24) is 0 Å². The van der Waals surface area contributed by atoms with E-state index in [1.165, 1.54) is 18.2 Å². The maximum Gasteiger partial charge on any atom is 0.490 e. The number of nitrogens with two attached hydrogens (primary N) is 1. The van der Waals surface area contributed by atoms with E-state index in [0.29, 0.717) is 17.8 Å². The van der Waals surface area contributed by atoms with Crippen molar-refractivity contribution >= 4 is 27.4 Å². The van der Waals surface area contributed by atoms with Gasteiger partial charge < -0.3 is 16.2 Å². The van der Waals surface area contributed by atoms with Gasteiger partial charge in [-0.05, 0) is 29.8 Å². The molecule has 0 saturated heterocycles. The number of fused-ring (bicyclic) bond motifs is 2. The number of rotatable bonds is 1. The highest BCUT2D eigenvalue weighted by atomic mass is 32.2. The Morgan fingerprint density at radius 2 is 1.67 bits per heavy atom. The third-order valence-electron chi connectivity index (χ3n) is 3.53. The van der Waals surface area contributed by atoms with Crippen LogP contribution in [0.3, 0.4) is 0 Å². The van der Waals surface area contributed by atoms with Gasteiger partial charge >= 0.3 is 12.1 Å². The molecule has 0 aliphatic carbocycles. The van der Waals surface area contributed by atoms with Crippen molar-refractivity contribution in [3.63, 3.8) is 0 Å². The second-order valence-corrected chi connectivity index (χ2v) is 7.23. The third-order valence-corrected chi connectivity index (χ3v) is 5.44. The fourth-order valence-electron chi connectivity index (χ4n) is 2.28. The van der Waals surface area contributed by atoms with Crippen LogP contribution >= 0.6 is 0 Å². The van der Waals surface area contributed by atoms with Gasteiger partial charge in [-0.1, -0.05) is 18.2 Å². The summed E-state index contributed by atoms with van der Waals surface area (Å²) < 4.78 is 57.0. The summed E-state index contributed by atoms with van der Waals surface area (Å²) in [5.41, 5.74) is 6.60. The Labute approximate surface area is 151 Å². The molecule has 4 N–H and O–H groups in total. The summed E-state index contributed by atoms with van der Waals surface area (Å²) in [6.07, 6.45) is -5.08. The van der Waals surface area contributed by atoms with Crippen LogP contribution in [-0.4, -0.2) is 31.6 Å². The molecular weight excluding hydrogens is 389 g/mol. The number of carbonyl (C=O) groups excluding carboxylic acids is 1. The average Bonchev–Trinajstić information content (AvgIpc) is 2.69. The zero-order chi connectivity index (χ0) is 20.4. The number of aliphatic carboxylic acids is 1. The molecule has 1 aliphatic rings. The highest BCUT2D eigenvalue weighted by Crippen LogP contribution is 2.33. The minimum Gasteiger partial charge on any atom is -0.475 e. The number of hydrogen-bond acceptors (Lipinski definition) is 5. The normalized spacial score (nSPS) is 14.3. The van der Waals surface area contributed by atoms with E-state index >= 15 is 0 Å². The number of carboxylic acids is 1. The van der Waals surface area contributed by atoms with Gasteiger partial charge in [0.25, 0.3) is 0 Å². The molecule has 2 aromatic carbocycles. The predicted octanol–water partition coefficient (Wildman–Crippen LogP) is 2.18. The van der Waals surface area contributed by atoms with Crippen LogP contribution in [0.15, 0.2) is 52.3 Å². The van der Waals surface area contributed by atoms with E-state index in [0.717, 1.165) is 0 Å². The van der Waals surface area contributed by atoms with Crippen LogP contribution in [0.1, 0.15) is 15.9 Å². The van der Waals surface area contributed by atoms with Crippen molar-refractivity contribution in [2.45, 2.75) is 22.5 Å². The number of alkyl halides is 3. The molecule has 0 spiro atoms. The molecule has 1 amide bonds. The molecule has 1 aliphatic heterocycles. The highest BCUT2D eigenvalue weighted by Gasteiger charge is 2.38. The van der Waals surface area contributed by atoms with Crippen molar-refractivity contribution < 1.29 is 36.3 Å². The van der Waals surface area contributed by atoms with Gasteiger partial charge in [0.1, 0.15) is 0 Å². The molecule has 3 rings (SSSR count).